The maximum Gasteiger partial charge on any atom is 0.356 e. The summed E-state index contributed by atoms with van der Waals surface area (Å²) in [5, 5.41) is 0. The molecule has 0 aliphatic rings. The molecular formula is C8H8N4O. The van der Waals surface area contributed by atoms with Gasteiger partial charge in [0.05, 0.1) is 0 Å². The number of nitrogens with two attached hydrogens (primary N) is 1. The van der Waals surface area contributed by atoms with Gasteiger partial charge in [-0.25, -0.2) is 9.20 Å². The van der Waals surface area contributed by atoms with E-state index >= 15 is 0 Å². The van der Waals surface area contributed by atoms with Crippen molar-refractivity contribution in [3.8, 4) is 0 Å². The van der Waals surface area contributed by atoms with Gasteiger partial charge in [0.2, 0.25) is 5.95 Å². The fourth-order valence-electron chi connectivity index (χ4n) is 1.23. The maximum absolute atomic E-state index is 11.4. The largest absolute Gasteiger partial charge is 0.368 e. The Balaban J connectivity index is 3.03. The van der Waals surface area contributed by atoms with Gasteiger partial charge in [-0.1, -0.05) is 6.07 Å². The van der Waals surface area contributed by atoms with Crippen LogP contribution >= 0.6 is 0 Å². The Labute approximate surface area is 73.9 Å². The number of hydrogen-bond donors (Lipinski definition) is 1. The standard InChI is InChI=1S/C8H8N4O/c1-5-3-2-4-6-10-7(9)11-8(13)12(5)6/h2-4H,1H3,(H2,9,11,13). The molecule has 0 saturated carbocycles. The Morgan fingerprint density at radius 3 is 2.92 bits per heavy atom. The van der Waals surface area contributed by atoms with Crippen molar-refractivity contribution in [2.75, 3.05) is 5.73 Å². The van der Waals surface area contributed by atoms with Crippen LogP contribution in [0.4, 0.5) is 5.95 Å². The Kier molecular flexibility index (Phi) is 1.51. The SMILES string of the molecule is Cc1cccc2nc(N)nc(=O)n12. The van der Waals surface area contributed by atoms with E-state index < -0.39 is 0 Å². The van der Waals surface area contributed by atoms with Gasteiger partial charge in [0.1, 0.15) is 5.65 Å². The zero-order valence-electron chi connectivity index (χ0n) is 7.06. The summed E-state index contributed by atoms with van der Waals surface area (Å²) in [6, 6.07) is 5.34. The predicted molar refractivity (Wildman–Crippen MR) is 48.4 cm³/mol. The van der Waals surface area contributed by atoms with E-state index in [0.717, 1.165) is 5.69 Å². The van der Waals surface area contributed by atoms with Crippen molar-refractivity contribution in [1.82, 2.24) is 14.4 Å². The molecule has 0 spiro atoms. The Morgan fingerprint density at radius 2 is 2.15 bits per heavy atom. The molecule has 0 amide bonds. The minimum absolute atomic E-state index is 0.00981. The molecule has 0 atom stereocenters. The highest BCUT2D eigenvalue weighted by molar-refractivity contribution is 5.41. The number of rotatable bonds is 0. The molecule has 0 aliphatic heterocycles. The van der Waals surface area contributed by atoms with Crippen LogP contribution in [0.1, 0.15) is 5.69 Å². The first-order chi connectivity index (χ1) is 6.18. The third kappa shape index (κ3) is 1.14. The molecule has 2 rings (SSSR count). The van der Waals surface area contributed by atoms with Gasteiger partial charge in [-0.05, 0) is 19.1 Å². The van der Waals surface area contributed by atoms with E-state index in [1.807, 2.05) is 19.1 Å². The molecular weight excluding hydrogens is 168 g/mol. The zero-order valence-corrected chi connectivity index (χ0v) is 7.06. The smallest absolute Gasteiger partial charge is 0.356 e. The molecule has 5 heteroatoms. The number of nitrogens with zero attached hydrogens (tertiary/aromatic N) is 3. The maximum atomic E-state index is 11.4. The van der Waals surface area contributed by atoms with Crippen LogP contribution in [0.15, 0.2) is 23.0 Å². The van der Waals surface area contributed by atoms with Crippen LogP contribution in [0.25, 0.3) is 5.65 Å². The summed E-state index contributed by atoms with van der Waals surface area (Å²) in [6.45, 7) is 1.81. The van der Waals surface area contributed by atoms with Gasteiger partial charge in [0.25, 0.3) is 0 Å². The lowest BCUT2D eigenvalue weighted by Crippen LogP contribution is -2.21. The number of nitrogen functional groups attached to an aromatic ring is 1. The summed E-state index contributed by atoms with van der Waals surface area (Å²) >= 11 is 0. The molecule has 0 aromatic carbocycles. The molecule has 2 heterocycles. The molecule has 0 bridgehead atoms. The minimum atomic E-state index is -0.388. The highest BCUT2D eigenvalue weighted by atomic mass is 16.1. The molecule has 0 fully saturated rings. The third-order valence-corrected chi connectivity index (χ3v) is 1.80. The Bertz CT molecular complexity index is 517. The van der Waals surface area contributed by atoms with E-state index in [4.69, 9.17) is 5.73 Å². The van der Waals surface area contributed by atoms with Crippen molar-refractivity contribution < 1.29 is 0 Å². The van der Waals surface area contributed by atoms with Gasteiger partial charge in [-0.15, -0.1) is 0 Å². The lowest BCUT2D eigenvalue weighted by Gasteiger charge is -2.02. The van der Waals surface area contributed by atoms with Crippen molar-refractivity contribution in [2.45, 2.75) is 6.92 Å². The van der Waals surface area contributed by atoms with Crippen LogP contribution in [0.2, 0.25) is 0 Å². The van der Waals surface area contributed by atoms with Gasteiger partial charge in [-0.3, -0.25) is 0 Å². The van der Waals surface area contributed by atoms with Gasteiger partial charge in [-0.2, -0.15) is 9.97 Å². The molecule has 2 N–H and O–H groups in total. The molecule has 2 aromatic rings. The molecule has 2 aromatic heterocycles. The molecule has 13 heavy (non-hydrogen) atoms. The number of anilines is 1. The van der Waals surface area contributed by atoms with Crippen LogP contribution in [0.3, 0.4) is 0 Å². The molecule has 0 unspecified atom stereocenters. The van der Waals surface area contributed by atoms with Crippen molar-refractivity contribution in [3.63, 3.8) is 0 Å². The van der Waals surface area contributed by atoms with Crippen molar-refractivity contribution >= 4 is 11.6 Å². The molecule has 5 nitrogen and oxygen atoms in total. The first-order valence-corrected chi connectivity index (χ1v) is 3.80. The van der Waals surface area contributed by atoms with Crippen molar-refractivity contribution in [3.05, 3.63) is 34.4 Å². The number of hydrogen-bond acceptors (Lipinski definition) is 4. The fraction of sp³-hybridized carbons (Fsp3) is 0.125. The highest BCUT2D eigenvalue weighted by Gasteiger charge is 2.01. The van der Waals surface area contributed by atoms with E-state index in [-0.39, 0.29) is 11.6 Å². The van der Waals surface area contributed by atoms with E-state index in [2.05, 4.69) is 9.97 Å². The topological polar surface area (TPSA) is 73.3 Å². The molecule has 0 radical (unpaired) electrons. The van der Waals surface area contributed by atoms with Gasteiger partial charge < -0.3 is 5.73 Å². The second-order valence-corrected chi connectivity index (χ2v) is 2.73. The van der Waals surface area contributed by atoms with Crippen molar-refractivity contribution in [1.29, 1.82) is 0 Å². The van der Waals surface area contributed by atoms with Gasteiger partial charge >= 0.3 is 5.69 Å². The van der Waals surface area contributed by atoms with E-state index in [9.17, 15) is 4.79 Å². The average Bonchev–Trinajstić information content (AvgIpc) is 2.02. The van der Waals surface area contributed by atoms with E-state index in [1.54, 1.807) is 6.07 Å². The first kappa shape index (κ1) is 7.72. The minimum Gasteiger partial charge on any atom is -0.368 e. The summed E-state index contributed by atoms with van der Waals surface area (Å²) in [6.07, 6.45) is 0. The summed E-state index contributed by atoms with van der Waals surface area (Å²) in [4.78, 5) is 18.8. The summed E-state index contributed by atoms with van der Waals surface area (Å²) in [5.74, 6) is 0.00981. The van der Waals surface area contributed by atoms with Crippen LogP contribution < -0.4 is 11.4 Å². The number of aromatic nitrogens is 3. The monoisotopic (exact) mass is 176 g/mol. The third-order valence-electron chi connectivity index (χ3n) is 1.80. The molecule has 66 valence electrons. The lowest BCUT2D eigenvalue weighted by molar-refractivity contribution is 0.917. The second-order valence-electron chi connectivity index (χ2n) is 2.73. The normalized spacial score (nSPS) is 10.5. The lowest BCUT2D eigenvalue weighted by atomic mass is 10.4. The van der Waals surface area contributed by atoms with Crippen LogP contribution in [0.5, 0.6) is 0 Å². The molecule has 0 aliphatic carbocycles. The van der Waals surface area contributed by atoms with Crippen LogP contribution in [-0.2, 0) is 0 Å². The van der Waals surface area contributed by atoms with Gasteiger partial charge in [0, 0.05) is 5.69 Å². The zero-order chi connectivity index (χ0) is 9.42. The Hall–Kier alpha value is -1.91. The van der Waals surface area contributed by atoms with E-state index in [0.29, 0.717) is 5.65 Å². The van der Waals surface area contributed by atoms with Crippen LogP contribution in [0, 0.1) is 6.92 Å². The first-order valence-electron chi connectivity index (χ1n) is 3.80. The fourth-order valence-corrected chi connectivity index (χ4v) is 1.23. The predicted octanol–water partition coefficient (Wildman–Crippen LogP) is -0.0199. The quantitative estimate of drug-likeness (QED) is 0.612. The van der Waals surface area contributed by atoms with Crippen molar-refractivity contribution in [2.24, 2.45) is 0 Å². The summed E-state index contributed by atoms with van der Waals surface area (Å²) < 4.78 is 1.41. The van der Waals surface area contributed by atoms with E-state index in [1.165, 1.54) is 4.40 Å². The number of pyridine rings is 1. The summed E-state index contributed by atoms with van der Waals surface area (Å²) in [7, 11) is 0. The number of fused-ring (bicyclic) bond motifs is 1. The molecule has 0 saturated heterocycles. The number of aryl methyl sites for hydroxylation is 1. The summed E-state index contributed by atoms with van der Waals surface area (Å²) in [5.41, 5.74) is 6.27. The highest BCUT2D eigenvalue weighted by Crippen LogP contribution is 2.00. The Morgan fingerprint density at radius 1 is 1.38 bits per heavy atom. The second kappa shape index (κ2) is 2.55. The average molecular weight is 176 g/mol. The van der Waals surface area contributed by atoms with Crippen LogP contribution in [-0.4, -0.2) is 14.4 Å². The van der Waals surface area contributed by atoms with Gasteiger partial charge in [0.15, 0.2) is 0 Å².